The Morgan fingerprint density at radius 2 is 2.28 bits per heavy atom. The number of nitrogens with zero attached hydrogens (tertiary/aromatic N) is 2. The first-order valence-corrected chi connectivity index (χ1v) is 5.79. The van der Waals surface area contributed by atoms with E-state index < -0.39 is 0 Å². The zero-order valence-electron chi connectivity index (χ0n) is 10.0. The minimum Gasteiger partial charge on any atom is -0.399 e. The van der Waals surface area contributed by atoms with Gasteiger partial charge >= 0.3 is 0 Å². The van der Waals surface area contributed by atoms with E-state index >= 15 is 0 Å². The van der Waals surface area contributed by atoms with Crippen LogP contribution in [0.1, 0.15) is 21.8 Å². The van der Waals surface area contributed by atoms with E-state index in [1.807, 2.05) is 18.2 Å². The van der Waals surface area contributed by atoms with Gasteiger partial charge in [0, 0.05) is 24.0 Å². The Morgan fingerprint density at radius 1 is 1.44 bits per heavy atom. The first kappa shape index (κ1) is 10.8. The van der Waals surface area contributed by atoms with Crippen molar-refractivity contribution in [3.63, 3.8) is 0 Å². The molecule has 2 heterocycles. The van der Waals surface area contributed by atoms with Gasteiger partial charge < -0.3 is 15.2 Å². The van der Waals surface area contributed by atoms with E-state index in [0.29, 0.717) is 17.9 Å². The van der Waals surface area contributed by atoms with Crippen LogP contribution < -0.4 is 10.6 Å². The van der Waals surface area contributed by atoms with Gasteiger partial charge in [-0.25, -0.2) is 0 Å². The van der Waals surface area contributed by atoms with Gasteiger partial charge in [0.05, 0.1) is 5.69 Å². The zero-order chi connectivity index (χ0) is 12.7. The minimum atomic E-state index is -0.167. The van der Waals surface area contributed by atoms with Gasteiger partial charge in [0.1, 0.15) is 0 Å². The lowest BCUT2D eigenvalue weighted by Gasteiger charge is -2.15. The second kappa shape index (κ2) is 3.87. The summed E-state index contributed by atoms with van der Waals surface area (Å²) in [5.41, 5.74) is 9.12. The summed E-state index contributed by atoms with van der Waals surface area (Å²) in [7, 11) is 0. The van der Waals surface area contributed by atoms with Gasteiger partial charge in [-0.05, 0) is 31.0 Å². The lowest BCUT2D eigenvalue weighted by molar-refractivity contribution is 0.0954. The fourth-order valence-corrected chi connectivity index (χ4v) is 2.20. The summed E-state index contributed by atoms with van der Waals surface area (Å²) in [4.78, 5) is 14.0. The van der Waals surface area contributed by atoms with Crippen molar-refractivity contribution in [3.05, 3.63) is 41.3 Å². The molecule has 0 saturated heterocycles. The monoisotopic (exact) mass is 243 g/mol. The van der Waals surface area contributed by atoms with Crippen LogP contribution in [0.2, 0.25) is 0 Å². The second-order valence-electron chi connectivity index (χ2n) is 4.43. The molecule has 0 fully saturated rings. The van der Waals surface area contributed by atoms with Gasteiger partial charge in [0.15, 0.2) is 0 Å². The first-order valence-electron chi connectivity index (χ1n) is 5.79. The van der Waals surface area contributed by atoms with Gasteiger partial charge in [-0.2, -0.15) is 0 Å². The number of nitrogens with two attached hydrogens (primary N) is 1. The molecule has 1 aliphatic rings. The average Bonchev–Trinajstić information content (AvgIpc) is 2.94. The molecular formula is C13H13N3O2. The molecule has 18 heavy (non-hydrogen) atoms. The molecule has 0 bridgehead atoms. The Labute approximate surface area is 104 Å². The molecule has 2 N–H and O–H groups in total. The fraction of sp³-hybridized carbons (Fsp3) is 0.231. The Morgan fingerprint density at radius 3 is 3.00 bits per heavy atom. The number of amides is 1. The maximum absolute atomic E-state index is 12.3. The van der Waals surface area contributed by atoms with Crippen LogP contribution in [0.4, 0.5) is 11.4 Å². The van der Waals surface area contributed by atoms with Gasteiger partial charge in [0.25, 0.3) is 5.91 Å². The standard InChI is InChI=1S/C13H13N3O2/c1-8-6-12(18-15-8)13(17)16-5-4-9-2-3-10(14)7-11(9)16/h2-3,6-7H,4-5,14H2,1H3. The van der Waals surface area contributed by atoms with Gasteiger partial charge in [-0.1, -0.05) is 11.2 Å². The molecule has 1 aromatic carbocycles. The van der Waals surface area contributed by atoms with E-state index in [1.165, 1.54) is 0 Å². The Bertz CT molecular complexity index is 618. The molecule has 1 aromatic heterocycles. The molecule has 0 spiro atoms. The lowest BCUT2D eigenvalue weighted by Crippen LogP contribution is -2.28. The summed E-state index contributed by atoms with van der Waals surface area (Å²) >= 11 is 0. The highest BCUT2D eigenvalue weighted by Gasteiger charge is 2.27. The predicted octanol–water partition coefficient (Wildman–Crippen LogP) is 1.77. The molecule has 0 aliphatic carbocycles. The number of aromatic nitrogens is 1. The maximum Gasteiger partial charge on any atom is 0.296 e. The molecular weight excluding hydrogens is 230 g/mol. The SMILES string of the molecule is Cc1cc(C(=O)N2CCc3ccc(N)cc32)on1. The molecule has 3 rings (SSSR count). The number of carbonyl (C=O) groups is 1. The topological polar surface area (TPSA) is 72.4 Å². The average molecular weight is 243 g/mol. The van der Waals surface area contributed by atoms with Crippen molar-refractivity contribution in [1.82, 2.24) is 5.16 Å². The molecule has 0 saturated carbocycles. The molecule has 1 amide bonds. The van der Waals surface area contributed by atoms with Gasteiger partial charge in [-0.15, -0.1) is 0 Å². The van der Waals surface area contributed by atoms with Crippen LogP contribution in [0, 0.1) is 6.92 Å². The third-order valence-corrected chi connectivity index (χ3v) is 3.09. The first-order chi connectivity index (χ1) is 8.65. The van der Waals surface area contributed by atoms with Crippen LogP contribution in [0.25, 0.3) is 0 Å². The highest BCUT2D eigenvalue weighted by atomic mass is 16.5. The number of hydrogen-bond donors (Lipinski definition) is 1. The maximum atomic E-state index is 12.3. The van der Waals surface area contributed by atoms with E-state index in [4.69, 9.17) is 10.3 Å². The van der Waals surface area contributed by atoms with E-state index in [-0.39, 0.29) is 11.7 Å². The summed E-state index contributed by atoms with van der Waals surface area (Å²) in [5.74, 6) is 0.0997. The third-order valence-electron chi connectivity index (χ3n) is 3.09. The molecule has 5 nitrogen and oxygen atoms in total. The van der Waals surface area contributed by atoms with Gasteiger partial charge in [-0.3, -0.25) is 4.79 Å². The van der Waals surface area contributed by atoms with E-state index in [2.05, 4.69) is 5.16 Å². The third kappa shape index (κ3) is 1.64. The fourth-order valence-electron chi connectivity index (χ4n) is 2.20. The van der Waals surface area contributed by atoms with Crippen molar-refractivity contribution in [2.24, 2.45) is 0 Å². The second-order valence-corrected chi connectivity index (χ2v) is 4.43. The van der Waals surface area contributed by atoms with Crippen molar-refractivity contribution < 1.29 is 9.32 Å². The summed E-state index contributed by atoms with van der Waals surface area (Å²) < 4.78 is 5.01. The minimum absolute atomic E-state index is 0.167. The van der Waals surface area contributed by atoms with Crippen LogP contribution >= 0.6 is 0 Å². The van der Waals surface area contributed by atoms with Crippen molar-refractivity contribution in [2.75, 3.05) is 17.2 Å². The van der Waals surface area contributed by atoms with Crippen LogP contribution in [-0.2, 0) is 6.42 Å². The van der Waals surface area contributed by atoms with Crippen molar-refractivity contribution in [1.29, 1.82) is 0 Å². The lowest BCUT2D eigenvalue weighted by atomic mass is 10.1. The Hall–Kier alpha value is -2.30. The highest BCUT2D eigenvalue weighted by molar-refractivity contribution is 6.05. The molecule has 0 unspecified atom stereocenters. The van der Waals surface area contributed by atoms with Crippen LogP contribution in [0.3, 0.4) is 0 Å². The smallest absolute Gasteiger partial charge is 0.296 e. The summed E-state index contributed by atoms with van der Waals surface area (Å²) in [5, 5.41) is 3.74. The Balaban J connectivity index is 1.96. The number of carbonyl (C=O) groups excluding carboxylic acids is 1. The normalized spacial score (nSPS) is 13.7. The van der Waals surface area contributed by atoms with Crippen LogP contribution in [0.15, 0.2) is 28.8 Å². The molecule has 1 aliphatic heterocycles. The largest absolute Gasteiger partial charge is 0.399 e. The number of aryl methyl sites for hydroxylation is 1. The highest BCUT2D eigenvalue weighted by Crippen LogP contribution is 2.31. The summed E-state index contributed by atoms with van der Waals surface area (Å²) in [6, 6.07) is 7.28. The van der Waals surface area contributed by atoms with Crippen LogP contribution in [-0.4, -0.2) is 17.6 Å². The van der Waals surface area contributed by atoms with E-state index in [0.717, 1.165) is 17.7 Å². The Kier molecular flexibility index (Phi) is 2.33. The molecule has 92 valence electrons. The molecule has 0 radical (unpaired) electrons. The van der Waals surface area contributed by atoms with Crippen molar-refractivity contribution in [3.8, 4) is 0 Å². The van der Waals surface area contributed by atoms with Gasteiger partial charge in [0.2, 0.25) is 5.76 Å². The number of benzene rings is 1. The quantitative estimate of drug-likeness (QED) is 0.775. The molecule has 5 heteroatoms. The number of anilines is 2. The number of nitrogen functional groups attached to an aromatic ring is 1. The predicted molar refractivity (Wildman–Crippen MR) is 67.5 cm³/mol. The van der Waals surface area contributed by atoms with Crippen molar-refractivity contribution >= 4 is 17.3 Å². The van der Waals surface area contributed by atoms with E-state index in [9.17, 15) is 4.79 Å². The zero-order valence-corrected chi connectivity index (χ0v) is 10.0. The van der Waals surface area contributed by atoms with E-state index in [1.54, 1.807) is 17.9 Å². The molecule has 2 aromatic rings. The molecule has 0 atom stereocenters. The van der Waals surface area contributed by atoms with Crippen LogP contribution in [0.5, 0.6) is 0 Å². The number of fused-ring (bicyclic) bond motifs is 1. The summed E-state index contributed by atoms with van der Waals surface area (Å²) in [6.07, 6.45) is 0.842. The van der Waals surface area contributed by atoms with Crippen molar-refractivity contribution in [2.45, 2.75) is 13.3 Å². The number of rotatable bonds is 1. The number of hydrogen-bond acceptors (Lipinski definition) is 4. The summed E-state index contributed by atoms with van der Waals surface area (Å²) in [6.45, 7) is 2.44.